The molecule has 130 valence electrons. The van der Waals surface area contributed by atoms with Crippen LogP contribution < -0.4 is 10.1 Å². The molecule has 2 aromatic carbocycles. The zero-order chi connectivity index (χ0) is 17.9. The van der Waals surface area contributed by atoms with Crippen LogP contribution in [0.15, 0.2) is 61.2 Å². The van der Waals surface area contributed by atoms with E-state index < -0.39 is 5.66 Å². The van der Waals surface area contributed by atoms with Gasteiger partial charge in [0.1, 0.15) is 18.0 Å². The SMILES string of the molecule is C=CCOc1ccc(C2(CC)Nc3ccccc3C(=O)N2CC)cc1. The molecule has 1 aliphatic heterocycles. The average molecular weight is 336 g/mol. The number of para-hydroxylation sites is 1. The van der Waals surface area contributed by atoms with Gasteiger partial charge in [-0.2, -0.15) is 0 Å². The molecule has 25 heavy (non-hydrogen) atoms. The van der Waals surface area contributed by atoms with Gasteiger partial charge >= 0.3 is 0 Å². The Labute approximate surface area is 149 Å². The number of rotatable bonds is 6. The van der Waals surface area contributed by atoms with Crippen molar-refractivity contribution < 1.29 is 9.53 Å². The number of carbonyl (C=O) groups excluding carboxylic acids is 1. The maximum atomic E-state index is 13.1. The average Bonchev–Trinajstić information content (AvgIpc) is 2.66. The highest BCUT2D eigenvalue weighted by Gasteiger charge is 2.43. The van der Waals surface area contributed by atoms with Crippen LogP contribution in [0.5, 0.6) is 5.75 Å². The molecule has 0 aromatic heterocycles. The third-order valence-corrected chi connectivity index (χ3v) is 4.73. The smallest absolute Gasteiger partial charge is 0.258 e. The largest absolute Gasteiger partial charge is 0.490 e. The summed E-state index contributed by atoms with van der Waals surface area (Å²) in [7, 11) is 0. The second-order valence-corrected chi connectivity index (χ2v) is 6.06. The molecule has 0 saturated carbocycles. The molecule has 1 heterocycles. The van der Waals surface area contributed by atoms with E-state index >= 15 is 0 Å². The van der Waals surface area contributed by atoms with E-state index in [1.807, 2.05) is 60.4 Å². The summed E-state index contributed by atoms with van der Waals surface area (Å²) in [6.45, 7) is 8.88. The van der Waals surface area contributed by atoms with Crippen LogP contribution in [0, 0.1) is 0 Å². The van der Waals surface area contributed by atoms with Crippen molar-refractivity contribution in [2.75, 3.05) is 18.5 Å². The number of nitrogens with zero attached hydrogens (tertiary/aromatic N) is 1. The fourth-order valence-electron chi connectivity index (χ4n) is 3.49. The Kier molecular flexibility index (Phi) is 4.79. The van der Waals surface area contributed by atoms with Crippen molar-refractivity contribution in [2.24, 2.45) is 0 Å². The van der Waals surface area contributed by atoms with Crippen LogP contribution in [0.1, 0.15) is 36.2 Å². The molecule has 0 saturated heterocycles. The van der Waals surface area contributed by atoms with E-state index in [1.54, 1.807) is 6.08 Å². The number of fused-ring (bicyclic) bond motifs is 1. The van der Waals surface area contributed by atoms with Gasteiger partial charge in [-0.1, -0.05) is 43.8 Å². The number of hydrogen-bond acceptors (Lipinski definition) is 3. The molecule has 0 radical (unpaired) electrons. The van der Waals surface area contributed by atoms with Gasteiger partial charge < -0.3 is 15.0 Å². The van der Waals surface area contributed by atoms with E-state index in [9.17, 15) is 4.79 Å². The van der Waals surface area contributed by atoms with E-state index in [4.69, 9.17) is 4.74 Å². The van der Waals surface area contributed by atoms with Gasteiger partial charge in [-0.3, -0.25) is 4.79 Å². The van der Waals surface area contributed by atoms with E-state index in [-0.39, 0.29) is 5.91 Å². The summed E-state index contributed by atoms with van der Waals surface area (Å²) in [4.78, 5) is 15.0. The molecule has 4 nitrogen and oxygen atoms in total. The molecule has 1 aliphatic rings. The molecular formula is C21H24N2O2. The number of anilines is 1. The molecule has 3 rings (SSSR count). The fourth-order valence-corrected chi connectivity index (χ4v) is 3.49. The van der Waals surface area contributed by atoms with Crippen molar-refractivity contribution in [3.05, 3.63) is 72.3 Å². The highest BCUT2D eigenvalue weighted by atomic mass is 16.5. The zero-order valence-corrected chi connectivity index (χ0v) is 14.8. The zero-order valence-electron chi connectivity index (χ0n) is 14.8. The van der Waals surface area contributed by atoms with Gasteiger partial charge in [0, 0.05) is 12.2 Å². The van der Waals surface area contributed by atoms with Gasteiger partial charge in [0.2, 0.25) is 0 Å². The second-order valence-electron chi connectivity index (χ2n) is 6.06. The van der Waals surface area contributed by atoms with Crippen molar-refractivity contribution in [1.82, 2.24) is 4.90 Å². The highest BCUT2D eigenvalue weighted by molar-refractivity contribution is 6.02. The minimum absolute atomic E-state index is 0.0608. The van der Waals surface area contributed by atoms with Crippen LogP contribution in [-0.4, -0.2) is 24.0 Å². The lowest BCUT2D eigenvalue weighted by atomic mass is 9.89. The van der Waals surface area contributed by atoms with Gasteiger partial charge in [-0.25, -0.2) is 0 Å². The molecule has 1 unspecified atom stereocenters. The molecule has 0 bridgehead atoms. The number of hydrogen-bond donors (Lipinski definition) is 1. The minimum atomic E-state index is -0.558. The highest BCUT2D eigenvalue weighted by Crippen LogP contribution is 2.40. The van der Waals surface area contributed by atoms with E-state index in [2.05, 4.69) is 18.8 Å². The number of carbonyl (C=O) groups is 1. The van der Waals surface area contributed by atoms with E-state index in [0.29, 0.717) is 13.2 Å². The van der Waals surface area contributed by atoms with Crippen molar-refractivity contribution in [1.29, 1.82) is 0 Å². The maximum absolute atomic E-state index is 13.1. The summed E-state index contributed by atoms with van der Waals surface area (Å²) >= 11 is 0. The van der Waals surface area contributed by atoms with Gasteiger partial charge in [0.05, 0.1) is 5.56 Å². The number of benzene rings is 2. The summed E-state index contributed by atoms with van der Waals surface area (Å²) < 4.78 is 5.58. The van der Waals surface area contributed by atoms with Gasteiger partial charge in [-0.05, 0) is 43.2 Å². The summed E-state index contributed by atoms with van der Waals surface area (Å²) in [5, 5.41) is 3.62. The first-order valence-corrected chi connectivity index (χ1v) is 8.69. The van der Waals surface area contributed by atoms with Crippen molar-refractivity contribution in [3.63, 3.8) is 0 Å². The van der Waals surface area contributed by atoms with Crippen LogP contribution in [0.3, 0.4) is 0 Å². The van der Waals surface area contributed by atoms with Crippen LogP contribution in [0.25, 0.3) is 0 Å². The van der Waals surface area contributed by atoms with Crippen molar-refractivity contribution in [2.45, 2.75) is 25.9 Å². The molecule has 0 spiro atoms. The van der Waals surface area contributed by atoms with Gasteiger partial charge in [0.15, 0.2) is 0 Å². The minimum Gasteiger partial charge on any atom is -0.490 e. The first-order valence-electron chi connectivity index (χ1n) is 8.69. The van der Waals surface area contributed by atoms with Gasteiger partial charge in [-0.15, -0.1) is 0 Å². The second kappa shape index (κ2) is 7.01. The summed E-state index contributed by atoms with van der Waals surface area (Å²) in [6.07, 6.45) is 2.48. The van der Waals surface area contributed by atoms with Crippen LogP contribution in [0.4, 0.5) is 5.69 Å². The number of nitrogens with one attached hydrogen (secondary N) is 1. The summed E-state index contributed by atoms with van der Waals surface area (Å²) in [5.41, 5.74) is 2.09. The molecule has 1 amide bonds. The summed E-state index contributed by atoms with van der Waals surface area (Å²) in [5.74, 6) is 0.853. The first-order chi connectivity index (χ1) is 12.2. The normalized spacial score (nSPS) is 19.1. The predicted molar refractivity (Wildman–Crippen MR) is 101 cm³/mol. The summed E-state index contributed by atoms with van der Waals surface area (Å²) in [6, 6.07) is 15.6. The van der Waals surface area contributed by atoms with Crippen LogP contribution in [0.2, 0.25) is 0 Å². The van der Waals surface area contributed by atoms with Crippen LogP contribution in [-0.2, 0) is 5.66 Å². The monoisotopic (exact) mass is 336 g/mol. The quantitative estimate of drug-likeness (QED) is 0.795. The Morgan fingerprint density at radius 1 is 1.16 bits per heavy atom. The Bertz CT molecular complexity index is 770. The third kappa shape index (κ3) is 2.88. The molecule has 0 fully saturated rings. The van der Waals surface area contributed by atoms with Crippen molar-refractivity contribution >= 4 is 11.6 Å². The Hall–Kier alpha value is -2.75. The molecule has 2 aromatic rings. The van der Waals surface area contributed by atoms with Gasteiger partial charge in [0.25, 0.3) is 5.91 Å². The molecular weight excluding hydrogens is 312 g/mol. The molecule has 1 atom stereocenters. The lowest BCUT2D eigenvalue weighted by molar-refractivity contribution is 0.0503. The third-order valence-electron chi connectivity index (χ3n) is 4.73. The lowest BCUT2D eigenvalue weighted by Gasteiger charge is -2.48. The standard InChI is InChI=1S/C21H24N2O2/c1-4-15-25-17-13-11-16(12-14-17)21(5-2)22-19-10-8-7-9-18(19)20(24)23(21)6-3/h4,7-14,22H,1,5-6,15H2,2-3H3. The Morgan fingerprint density at radius 3 is 2.52 bits per heavy atom. The van der Waals surface area contributed by atoms with E-state index in [1.165, 1.54) is 0 Å². The Balaban J connectivity index is 2.03. The number of amides is 1. The molecule has 1 N–H and O–H groups in total. The fraction of sp³-hybridized carbons (Fsp3) is 0.286. The van der Waals surface area contributed by atoms with Crippen molar-refractivity contribution in [3.8, 4) is 5.75 Å². The van der Waals surface area contributed by atoms with E-state index in [0.717, 1.165) is 29.0 Å². The Morgan fingerprint density at radius 2 is 1.88 bits per heavy atom. The molecule has 4 heteroatoms. The number of ether oxygens (including phenoxy) is 1. The maximum Gasteiger partial charge on any atom is 0.258 e. The first kappa shape index (κ1) is 17.1. The lowest BCUT2D eigenvalue weighted by Crippen LogP contribution is -2.57. The topological polar surface area (TPSA) is 41.6 Å². The predicted octanol–water partition coefficient (Wildman–Crippen LogP) is 4.40. The molecule has 0 aliphatic carbocycles. The van der Waals surface area contributed by atoms with Crippen LogP contribution >= 0.6 is 0 Å².